The maximum absolute atomic E-state index is 10.4. The molecule has 0 aromatic heterocycles. The minimum absolute atomic E-state index is 0.165. The van der Waals surface area contributed by atoms with Crippen molar-refractivity contribution in [3.8, 4) is 0 Å². The van der Waals surface area contributed by atoms with Gasteiger partial charge in [-0.3, -0.25) is 0 Å². The highest BCUT2D eigenvalue weighted by atomic mass is 16.7. The zero-order valence-corrected chi connectivity index (χ0v) is 17.6. The number of rotatable bonds is 10. The molecule has 2 fully saturated rings. The van der Waals surface area contributed by atoms with Crippen LogP contribution in [0.3, 0.4) is 0 Å². The van der Waals surface area contributed by atoms with Crippen molar-refractivity contribution in [2.75, 3.05) is 13.2 Å². The van der Waals surface area contributed by atoms with Gasteiger partial charge in [-0.15, -0.1) is 0 Å². The van der Waals surface area contributed by atoms with Crippen LogP contribution < -0.4 is 0 Å². The van der Waals surface area contributed by atoms with Crippen molar-refractivity contribution < 1.29 is 29.9 Å². The molecule has 3 rings (SSSR count). The number of aliphatic hydroxyl groups is 4. The summed E-state index contributed by atoms with van der Waals surface area (Å²) in [6, 6.07) is 10.3. The van der Waals surface area contributed by atoms with E-state index in [0.717, 1.165) is 32.1 Å². The third-order valence-electron chi connectivity index (χ3n) is 6.24. The molecule has 1 heterocycles. The van der Waals surface area contributed by atoms with Gasteiger partial charge in [0.25, 0.3) is 0 Å². The van der Waals surface area contributed by atoms with Gasteiger partial charge in [0.1, 0.15) is 0 Å². The topological polar surface area (TPSA) is 99.4 Å². The van der Waals surface area contributed by atoms with Crippen LogP contribution in [0.5, 0.6) is 0 Å². The summed E-state index contributed by atoms with van der Waals surface area (Å²) in [5.74, 6) is -0.574. The van der Waals surface area contributed by atoms with Crippen LogP contribution >= 0.6 is 0 Å². The van der Waals surface area contributed by atoms with Crippen LogP contribution in [0.25, 0.3) is 0 Å². The first-order valence-corrected chi connectivity index (χ1v) is 11.2. The van der Waals surface area contributed by atoms with Crippen LogP contribution in [0.15, 0.2) is 42.5 Å². The number of aliphatic hydroxyl groups excluding tert-OH is 4. The second-order valence-electron chi connectivity index (χ2n) is 8.56. The van der Waals surface area contributed by atoms with E-state index in [1.807, 2.05) is 30.4 Å². The van der Waals surface area contributed by atoms with Gasteiger partial charge in [0.05, 0.1) is 31.0 Å². The molecule has 168 valence electrons. The van der Waals surface area contributed by atoms with Gasteiger partial charge in [-0.05, 0) is 50.0 Å². The van der Waals surface area contributed by atoms with Crippen LogP contribution in [0, 0.1) is 11.8 Å². The van der Waals surface area contributed by atoms with E-state index in [2.05, 4.69) is 12.1 Å². The molecular weight excluding hydrogens is 384 g/mol. The van der Waals surface area contributed by atoms with Crippen molar-refractivity contribution in [2.24, 2.45) is 11.8 Å². The lowest BCUT2D eigenvalue weighted by atomic mass is 9.88. The molecule has 0 bridgehead atoms. The predicted octanol–water partition coefficient (Wildman–Crippen LogP) is 2.19. The Balaban J connectivity index is 1.66. The van der Waals surface area contributed by atoms with Crippen LogP contribution in [0.1, 0.15) is 44.1 Å². The molecule has 6 heteroatoms. The van der Waals surface area contributed by atoms with E-state index >= 15 is 0 Å². The van der Waals surface area contributed by atoms with Crippen LogP contribution in [-0.4, -0.2) is 64.3 Å². The maximum atomic E-state index is 10.4. The van der Waals surface area contributed by atoms with Gasteiger partial charge in [0, 0.05) is 18.9 Å². The first kappa shape index (κ1) is 23.4. The monoisotopic (exact) mass is 420 g/mol. The highest BCUT2D eigenvalue weighted by Gasteiger charge is 2.41. The van der Waals surface area contributed by atoms with Gasteiger partial charge in [-0.2, -0.15) is 0 Å². The van der Waals surface area contributed by atoms with E-state index in [0.29, 0.717) is 6.61 Å². The molecule has 1 aliphatic heterocycles. The molecule has 2 unspecified atom stereocenters. The third-order valence-corrected chi connectivity index (χ3v) is 6.24. The van der Waals surface area contributed by atoms with Crippen molar-refractivity contribution >= 4 is 0 Å². The van der Waals surface area contributed by atoms with E-state index < -0.39 is 18.3 Å². The van der Waals surface area contributed by atoms with E-state index in [4.69, 9.17) is 14.6 Å². The number of aryl methyl sites for hydroxylation is 1. The van der Waals surface area contributed by atoms with E-state index in [1.54, 1.807) is 0 Å². The molecule has 2 aliphatic rings. The van der Waals surface area contributed by atoms with Gasteiger partial charge in [-0.25, -0.2) is 0 Å². The summed E-state index contributed by atoms with van der Waals surface area (Å²) < 4.78 is 12.0. The minimum Gasteiger partial charge on any atom is -0.394 e. The summed E-state index contributed by atoms with van der Waals surface area (Å²) in [7, 11) is 0. The molecule has 7 atom stereocenters. The molecule has 1 aliphatic carbocycles. The Morgan fingerprint density at radius 3 is 2.63 bits per heavy atom. The lowest BCUT2D eigenvalue weighted by Crippen LogP contribution is -2.29. The van der Waals surface area contributed by atoms with E-state index in [9.17, 15) is 15.3 Å². The number of ether oxygens (including phenoxy) is 2. The maximum Gasteiger partial charge on any atom is 0.158 e. The number of hydrogen-bond acceptors (Lipinski definition) is 6. The van der Waals surface area contributed by atoms with Gasteiger partial charge in [-0.1, -0.05) is 42.5 Å². The highest BCUT2D eigenvalue weighted by Crippen LogP contribution is 2.37. The predicted molar refractivity (Wildman–Crippen MR) is 114 cm³/mol. The first-order chi connectivity index (χ1) is 14.6. The molecule has 30 heavy (non-hydrogen) atoms. The number of benzene rings is 1. The molecule has 1 saturated carbocycles. The fraction of sp³-hybridized carbons (Fsp3) is 0.667. The highest BCUT2D eigenvalue weighted by molar-refractivity contribution is 5.15. The molecule has 1 aromatic rings. The van der Waals surface area contributed by atoms with Gasteiger partial charge in [0.15, 0.2) is 6.29 Å². The summed E-state index contributed by atoms with van der Waals surface area (Å²) in [6.45, 7) is 0.367. The average Bonchev–Trinajstić information content (AvgIpc) is 3.03. The van der Waals surface area contributed by atoms with Crippen molar-refractivity contribution in [2.45, 2.75) is 75.7 Å². The van der Waals surface area contributed by atoms with Gasteiger partial charge in [0.2, 0.25) is 0 Å². The summed E-state index contributed by atoms with van der Waals surface area (Å²) in [4.78, 5) is 0. The van der Waals surface area contributed by atoms with E-state index in [1.165, 1.54) is 5.56 Å². The fourth-order valence-electron chi connectivity index (χ4n) is 4.52. The molecule has 0 spiro atoms. The van der Waals surface area contributed by atoms with Crippen molar-refractivity contribution in [3.63, 3.8) is 0 Å². The Bertz CT molecular complexity index is 630. The summed E-state index contributed by atoms with van der Waals surface area (Å²) >= 11 is 0. The fourth-order valence-corrected chi connectivity index (χ4v) is 4.52. The number of hydrogen-bond donors (Lipinski definition) is 4. The Hall–Kier alpha value is -1.28. The molecule has 1 aromatic carbocycles. The Morgan fingerprint density at radius 1 is 1.13 bits per heavy atom. The first-order valence-electron chi connectivity index (χ1n) is 11.2. The molecule has 4 N–H and O–H groups in total. The standard InChI is InChI=1S/C24H36O6/c25-16-18(26)14-21-20(22(27)15-23(21)28)12-11-19(30-24-8-4-5-13-29-24)10-9-17-6-2-1-3-7-17/h1-3,6-7,11-12,18-28H,4-5,8-10,13-16H2/b12-11+/t18?,19-,20+,21+,22+,23-,24?/m0/s1. The van der Waals surface area contributed by atoms with Crippen molar-refractivity contribution in [3.05, 3.63) is 48.0 Å². The summed E-state index contributed by atoms with van der Waals surface area (Å²) in [5, 5.41) is 39.8. The van der Waals surface area contributed by atoms with Gasteiger partial charge < -0.3 is 29.9 Å². The zero-order chi connectivity index (χ0) is 21.3. The Morgan fingerprint density at radius 2 is 1.93 bits per heavy atom. The molecule has 0 radical (unpaired) electrons. The lowest BCUT2D eigenvalue weighted by Gasteiger charge is -2.27. The normalized spacial score (nSPS) is 31.8. The Labute approximate surface area is 179 Å². The average molecular weight is 421 g/mol. The van der Waals surface area contributed by atoms with Crippen LogP contribution in [0.2, 0.25) is 0 Å². The van der Waals surface area contributed by atoms with Crippen LogP contribution in [-0.2, 0) is 15.9 Å². The zero-order valence-electron chi connectivity index (χ0n) is 17.6. The smallest absolute Gasteiger partial charge is 0.158 e. The van der Waals surface area contributed by atoms with Crippen LogP contribution in [0.4, 0.5) is 0 Å². The van der Waals surface area contributed by atoms with Crippen molar-refractivity contribution in [1.29, 1.82) is 0 Å². The second-order valence-corrected chi connectivity index (χ2v) is 8.56. The lowest BCUT2D eigenvalue weighted by molar-refractivity contribution is -0.179. The minimum atomic E-state index is -0.897. The summed E-state index contributed by atoms with van der Waals surface area (Å²) in [5.41, 5.74) is 1.24. The second kappa shape index (κ2) is 11.9. The summed E-state index contributed by atoms with van der Waals surface area (Å²) in [6.07, 6.45) is 6.48. The SMILES string of the molecule is OCC(O)C[C@@H]1[C@@H](/C=C/[C@H](CCc2ccccc2)OC2CCCCO2)[C@H](O)C[C@@H]1O. The van der Waals surface area contributed by atoms with E-state index in [-0.39, 0.29) is 43.7 Å². The molecular formula is C24H36O6. The quantitative estimate of drug-likeness (QED) is 0.433. The molecule has 6 nitrogen and oxygen atoms in total. The largest absolute Gasteiger partial charge is 0.394 e. The third kappa shape index (κ3) is 6.87. The van der Waals surface area contributed by atoms with Crippen molar-refractivity contribution in [1.82, 2.24) is 0 Å². The molecule has 1 saturated heterocycles. The van der Waals surface area contributed by atoms with Gasteiger partial charge >= 0.3 is 0 Å². The molecule has 0 amide bonds. The Kier molecular flexibility index (Phi) is 9.30.